The van der Waals surface area contributed by atoms with Gasteiger partial charge in [0.15, 0.2) is 10.8 Å². The highest BCUT2D eigenvalue weighted by Gasteiger charge is 2.18. The molecule has 0 radical (unpaired) electrons. The Morgan fingerprint density at radius 3 is 2.60 bits per heavy atom. The van der Waals surface area contributed by atoms with Crippen LogP contribution < -0.4 is 14.8 Å². The summed E-state index contributed by atoms with van der Waals surface area (Å²) in [6.45, 7) is 0. The normalized spacial score (nSPS) is 10.7. The zero-order chi connectivity index (χ0) is 20.9. The van der Waals surface area contributed by atoms with Gasteiger partial charge >= 0.3 is 0 Å². The van der Waals surface area contributed by atoms with Crippen LogP contribution in [0.4, 0.5) is 5.69 Å². The summed E-state index contributed by atoms with van der Waals surface area (Å²) < 4.78 is 12.6. The van der Waals surface area contributed by atoms with Crippen molar-refractivity contribution < 1.29 is 14.3 Å². The number of carbonyl (C=O) groups excluding carboxylic acids is 1. The molecule has 7 nitrogen and oxygen atoms in total. The molecule has 4 aromatic rings. The van der Waals surface area contributed by atoms with Crippen LogP contribution in [0, 0.1) is 0 Å². The SMILES string of the molecule is COc1ccc(NC(=O)CSc2nc3cccnc3n2-c2ccccc2OC)cc1. The van der Waals surface area contributed by atoms with Gasteiger partial charge in [0.25, 0.3) is 0 Å². The summed E-state index contributed by atoms with van der Waals surface area (Å²) in [5.74, 6) is 1.51. The van der Waals surface area contributed by atoms with Crippen LogP contribution >= 0.6 is 11.8 Å². The number of ether oxygens (including phenoxy) is 2. The Labute approximate surface area is 178 Å². The van der Waals surface area contributed by atoms with Crippen molar-refractivity contribution in [2.24, 2.45) is 0 Å². The molecule has 0 saturated carbocycles. The standard InChI is InChI=1S/C22H20N4O3S/c1-28-16-11-9-15(10-12-16)24-20(27)14-30-22-25-17-6-5-13-23-21(17)26(22)18-7-3-4-8-19(18)29-2/h3-13H,14H2,1-2H3,(H,24,27). The number of anilines is 1. The Morgan fingerprint density at radius 1 is 1.03 bits per heavy atom. The number of carbonyl (C=O) groups is 1. The summed E-state index contributed by atoms with van der Waals surface area (Å²) in [5.41, 5.74) is 2.99. The molecule has 0 aliphatic heterocycles. The van der Waals surface area contributed by atoms with Crippen LogP contribution in [0.5, 0.6) is 11.5 Å². The van der Waals surface area contributed by atoms with Gasteiger partial charge in [-0.1, -0.05) is 23.9 Å². The largest absolute Gasteiger partial charge is 0.497 e. The second-order valence-electron chi connectivity index (χ2n) is 6.31. The fraction of sp³-hybridized carbons (Fsp3) is 0.136. The van der Waals surface area contributed by atoms with E-state index in [9.17, 15) is 4.79 Å². The first-order valence-electron chi connectivity index (χ1n) is 9.23. The highest BCUT2D eigenvalue weighted by Crippen LogP contribution is 2.31. The highest BCUT2D eigenvalue weighted by atomic mass is 32.2. The molecule has 4 rings (SSSR count). The van der Waals surface area contributed by atoms with E-state index < -0.39 is 0 Å². The van der Waals surface area contributed by atoms with Crippen LogP contribution in [0.25, 0.3) is 16.9 Å². The number of para-hydroxylation sites is 2. The third kappa shape index (κ3) is 4.08. The summed E-state index contributed by atoms with van der Waals surface area (Å²) in [6.07, 6.45) is 1.72. The summed E-state index contributed by atoms with van der Waals surface area (Å²) in [4.78, 5) is 21.6. The van der Waals surface area contributed by atoms with Crippen molar-refractivity contribution in [1.29, 1.82) is 0 Å². The number of aromatic nitrogens is 3. The molecule has 0 fully saturated rings. The van der Waals surface area contributed by atoms with Gasteiger partial charge in [0.05, 0.1) is 25.7 Å². The Bertz CT molecular complexity index is 1170. The molecular formula is C22H20N4O3S. The monoisotopic (exact) mass is 420 g/mol. The maximum Gasteiger partial charge on any atom is 0.234 e. The minimum absolute atomic E-state index is 0.128. The lowest BCUT2D eigenvalue weighted by Crippen LogP contribution is -2.14. The van der Waals surface area contributed by atoms with Crippen molar-refractivity contribution in [2.75, 3.05) is 25.3 Å². The van der Waals surface area contributed by atoms with Gasteiger partial charge in [-0.25, -0.2) is 9.97 Å². The average Bonchev–Trinajstić information content (AvgIpc) is 3.16. The topological polar surface area (TPSA) is 78.3 Å². The number of thioether (sulfide) groups is 1. The first kappa shape index (κ1) is 19.8. The van der Waals surface area contributed by atoms with Crippen LogP contribution in [0.1, 0.15) is 0 Å². The van der Waals surface area contributed by atoms with E-state index in [1.165, 1.54) is 11.8 Å². The number of methoxy groups -OCH3 is 2. The molecule has 1 N–H and O–H groups in total. The zero-order valence-electron chi connectivity index (χ0n) is 16.5. The van der Waals surface area contributed by atoms with Gasteiger partial charge in [-0.2, -0.15) is 0 Å². The summed E-state index contributed by atoms with van der Waals surface area (Å²) in [7, 11) is 3.23. The summed E-state index contributed by atoms with van der Waals surface area (Å²) >= 11 is 1.34. The predicted octanol–water partition coefficient (Wildman–Crippen LogP) is 4.17. The van der Waals surface area contributed by atoms with E-state index in [-0.39, 0.29) is 11.7 Å². The van der Waals surface area contributed by atoms with Crippen molar-refractivity contribution >= 4 is 34.5 Å². The van der Waals surface area contributed by atoms with Crippen molar-refractivity contribution in [3.63, 3.8) is 0 Å². The molecule has 0 aliphatic carbocycles. The van der Waals surface area contributed by atoms with Gasteiger partial charge in [-0.15, -0.1) is 0 Å². The second kappa shape index (κ2) is 8.87. The van der Waals surface area contributed by atoms with Gasteiger partial charge < -0.3 is 14.8 Å². The molecule has 0 aliphatic rings. The molecule has 0 atom stereocenters. The number of amides is 1. The van der Waals surface area contributed by atoms with Gasteiger partial charge in [0.1, 0.15) is 17.0 Å². The Hall–Kier alpha value is -3.52. The molecule has 30 heavy (non-hydrogen) atoms. The lowest BCUT2D eigenvalue weighted by molar-refractivity contribution is -0.113. The van der Waals surface area contributed by atoms with Gasteiger partial charge in [-0.3, -0.25) is 9.36 Å². The quantitative estimate of drug-likeness (QED) is 0.452. The van der Waals surface area contributed by atoms with E-state index in [4.69, 9.17) is 9.47 Å². The molecule has 0 saturated heterocycles. The van der Waals surface area contributed by atoms with Crippen LogP contribution in [0.15, 0.2) is 72.0 Å². The Morgan fingerprint density at radius 2 is 1.83 bits per heavy atom. The molecule has 2 aromatic heterocycles. The van der Waals surface area contributed by atoms with Gasteiger partial charge in [0.2, 0.25) is 5.91 Å². The van der Waals surface area contributed by atoms with Crippen molar-refractivity contribution in [1.82, 2.24) is 14.5 Å². The number of nitrogens with zero attached hydrogens (tertiary/aromatic N) is 3. The van der Waals surface area contributed by atoms with E-state index in [1.807, 2.05) is 41.0 Å². The third-order valence-corrected chi connectivity index (χ3v) is 5.36. The molecular weight excluding hydrogens is 400 g/mol. The first-order chi connectivity index (χ1) is 14.7. The molecule has 2 aromatic carbocycles. The van der Waals surface area contributed by atoms with E-state index in [1.54, 1.807) is 44.7 Å². The van der Waals surface area contributed by atoms with Crippen LogP contribution in [-0.4, -0.2) is 40.4 Å². The minimum atomic E-state index is -0.128. The average molecular weight is 420 g/mol. The molecule has 0 unspecified atom stereocenters. The number of rotatable bonds is 7. The van der Waals surface area contributed by atoms with E-state index in [0.29, 0.717) is 22.2 Å². The lowest BCUT2D eigenvalue weighted by Gasteiger charge is -2.12. The lowest BCUT2D eigenvalue weighted by atomic mass is 10.3. The van der Waals surface area contributed by atoms with Crippen molar-refractivity contribution in [3.8, 4) is 17.2 Å². The maximum absolute atomic E-state index is 12.5. The van der Waals surface area contributed by atoms with E-state index in [2.05, 4.69) is 15.3 Å². The Kier molecular flexibility index (Phi) is 5.85. The molecule has 1 amide bonds. The number of fused-ring (bicyclic) bond motifs is 1. The van der Waals surface area contributed by atoms with Crippen LogP contribution in [0.2, 0.25) is 0 Å². The number of benzene rings is 2. The number of imidazole rings is 1. The number of hydrogen-bond acceptors (Lipinski definition) is 6. The fourth-order valence-electron chi connectivity index (χ4n) is 3.02. The molecule has 152 valence electrons. The first-order valence-corrected chi connectivity index (χ1v) is 10.2. The highest BCUT2D eigenvalue weighted by molar-refractivity contribution is 7.99. The zero-order valence-corrected chi connectivity index (χ0v) is 17.3. The van der Waals surface area contributed by atoms with Crippen LogP contribution in [0.3, 0.4) is 0 Å². The van der Waals surface area contributed by atoms with E-state index in [0.717, 1.165) is 17.0 Å². The molecule has 8 heteroatoms. The van der Waals surface area contributed by atoms with Crippen LogP contribution in [-0.2, 0) is 4.79 Å². The second-order valence-corrected chi connectivity index (χ2v) is 7.26. The van der Waals surface area contributed by atoms with Gasteiger partial charge in [0, 0.05) is 11.9 Å². The molecule has 2 heterocycles. The van der Waals surface area contributed by atoms with Crippen molar-refractivity contribution in [3.05, 3.63) is 66.9 Å². The number of pyridine rings is 1. The fourth-order valence-corrected chi connectivity index (χ4v) is 3.83. The summed E-state index contributed by atoms with van der Waals surface area (Å²) in [5, 5.41) is 3.55. The smallest absolute Gasteiger partial charge is 0.234 e. The van der Waals surface area contributed by atoms with Crippen molar-refractivity contribution in [2.45, 2.75) is 5.16 Å². The molecule has 0 bridgehead atoms. The summed E-state index contributed by atoms with van der Waals surface area (Å²) in [6, 6.07) is 18.6. The predicted molar refractivity (Wildman–Crippen MR) is 118 cm³/mol. The minimum Gasteiger partial charge on any atom is -0.497 e. The number of nitrogens with one attached hydrogen (secondary N) is 1. The molecule has 0 spiro atoms. The van der Waals surface area contributed by atoms with Gasteiger partial charge in [-0.05, 0) is 48.5 Å². The third-order valence-electron chi connectivity index (χ3n) is 4.42. The Balaban J connectivity index is 1.59. The maximum atomic E-state index is 12.5. The number of hydrogen-bond donors (Lipinski definition) is 1. The van der Waals surface area contributed by atoms with E-state index >= 15 is 0 Å².